The van der Waals surface area contributed by atoms with Gasteiger partial charge in [0.2, 0.25) is 0 Å². The molecule has 30 heavy (non-hydrogen) atoms. The molecule has 0 N–H and O–H groups in total. The van der Waals surface area contributed by atoms with Gasteiger partial charge < -0.3 is 4.42 Å². The first kappa shape index (κ1) is 17.1. The first-order valence-corrected chi connectivity index (χ1v) is 10.3. The molecule has 1 nitrogen and oxygen atoms in total. The number of benzene rings is 4. The Morgan fingerprint density at radius 1 is 0.500 bits per heavy atom. The van der Waals surface area contributed by atoms with E-state index in [1.54, 1.807) is 6.26 Å². The quantitative estimate of drug-likeness (QED) is 0.312. The van der Waals surface area contributed by atoms with E-state index in [0.29, 0.717) is 0 Å². The molecular formula is C29H20O. The summed E-state index contributed by atoms with van der Waals surface area (Å²) in [5, 5.41) is 0. The van der Waals surface area contributed by atoms with E-state index in [2.05, 4.69) is 103 Å². The number of hydrogen-bond donors (Lipinski definition) is 0. The molecule has 0 bridgehead atoms. The fourth-order valence-electron chi connectivity index (χ4n) is 5.04. The van der Waals surface area contributed by atoms with Gasteiger partial charge in [-0.15, -0.1) is 0 Å². The van der Waals surface area contributed by atoms with Crippen LogP contribution in [0.15, 0.2) is 126 Å². The van der Waals surface area contributed by atoms with E-state index in [9.17, 15) is 0 Å². The average molecular weight is 384 g/mol. The zero-order valence-electron chi connectivity index (χ0n) is 16.5. The molecule has 0 saturated carbocycles. The predicted molar refractivity (Wildman–Crippen MR) is 121 cm³/mol. The summed E-state index contributed by atoms with van der Waals surface area (Å²) >= 11 is 0. The van der Waals surface area contributed by atoms with Crippen LogP contribution in [0.4, 0.5) is 0 Å². The van der Waals surface area contributed by atoms with Gasteiger partial charge in [0.25, 0.3) is 0 Å². The number of furan rings is 1. The highest BCUT2D eigenvalue weighted by atomic mass is 16.3. The molecule has 6 rings (SSSR count). The summed E-state index contributed by atoms with van der Waals surface area (Å²) in [4.78, 5) is 0. The van der Waals surface area contributed by atoms with Crippen LogP contribution in [0.2, 0.25) is 0 Å². The first-order valence-electron chi connectivity index (χ1n) is 10.3. The Balaban J connectivity index is 1.76. The van der Waals surface area contributed by atoms with Gasteiger partial charge in [0.1, 0.15) is 5.76 Å². The maximum absolute atomic E-state index is 5.74. The zero-order valence-corrected chi connectivity index (χ0v) is 16.5. The lowest BCUT2D eigenvalue weighted by molar-refractivity contribution is 0.582. The SMILES string of the molecule is c1ccc(C2(c3ccccc3)c3ccccc3-c3ccc(-c4ccco4)cc32)cc1. The van der Waals surface area contributed by atoms with Crippen LogP contribution in [-0.2, 0) is 5.41 Å². The van der Waals surface area contributed by atoms with Crippen molar-refractivity contribution in [1.29, 1.82) is 0 Å². The lowest BCUT2D eigenvalue weighted by Crippen LogP contribution is -2.28. The Morgan fingerprint density at radius 3 is 1.80 bits per heavy atom. The highest BCUT2D eigenvalue weighted by molar-refractivity contribution is 5.87. The van der Waals surface area contributed by atoms with Crippen LogP contribution in [0.3, 0.4) is 0 Å². The van der Waals surface area contributed by atoms with Crippen LogP contribution in [0, 0.1) is 0 Å². The second-order valence-corrected chi connectivity index (χ2v) is 7.77. The minimum Gasteiger partial charge on any atom is -0.464 e. The molecule has 1 aliphatic carbocycles. The monoisotopic (exact) mass is 384 g/mol. The average Bonchev–Trinajstić information content (AvgIpc) is 3.46. The summed E-state index contributed by atoms with van der Waals surface area (Å²) in [5.74, 6) is 0.892. The van der Waals surface area contributed by atoms with Crippen molar-refractivity contribution in [3.8, 4) is 22.5 Å². The summed E-state index contributed by atoms with van der Waals surface area (Å²) in [6, 6.07) is 41.2. The third-order valence-electron chi connectivity index (χ3n) is 6.26. The molecular weight excluding hydrogens is 364 g/mol. The van der Waals surface area contributed by atoms with Gasteiger partial charge in [-0.2, -0.15) is 0 Å². The van der Waals surface area contributed by atoms with E-state index >= 15 is 0 Å². The van der Waals surface area contributed by atoms with E-state index < -0.39 is 0 Å². The molecule has 1 aromatic heterocycles. The molecule has 5 aromatic rings. The number of hydrogen-bond acceptors (Lipinski definition) is 1. The van der Waals surface area contributed by atoms with Crippen LogP contribution >= 0.6 is 0 Å². The summed E-state index contributed by atoms with van der Waals surface area (Å²) < 4.78 is 5.74. The fraction of sp³-hybridized carbons (Fsp3) is 0.0345. The summed E-state index contributed by atoms with van der Waals surface area (Å²) in [6.45, 7) is 0. The second-order valence-electron chi connectivity index (χ2n) is 7.77. The molecule has 1 aliphatic rings. The van der Waals surface area contributed by atoms with E-state index in [4.69, 9.17) is 4.42 Å². The molecule has 0 unspecified atom stereocenters. The first-order chi connectivity index (χ1) is 14.9. The van der Waals surface area contributed by atoms with Gasteiger partial charge in [-0.1, -0.05) is 97.1 Å². The normalized spacial score (nSPS) is 13.6. The maximum atomic E-state index is 5.74. The highest BCUT2D eigenvalue weighted by Crippen LogP contribution is 2.56. The van der Waals surface area contributed by atoms with Crippen molar-refractivity contribution in [2.45, 2.75) is 5.41 Å². The Labute approximate surface area is 176 Å². The van der Waals surface area contributed by atoms with E-state index in [-0.39, 0.29) is 5.41 Å². The Morgan fingerprint density at radius 2 is 1.13 bits per heavy atom. The van der Waals surface area contributed by atoms with Crippen LogP contribution < -0.4 is 0 Å². The van der Waals surface area contributed by atoms with Crippen molar-refractivity contribution < 1.29 is 4.42 Å². The minimum absolute atomic E-state index is 0.364. The predicted octanol–water partition coefficient (Wildman–Crippen LogP) is 7.31. The van der Waals surface area contributed by atoms with Crippen molar-refractivity contribution in [3.63, 3.8) is 0 Å². The molecule has 142 valence electrons. The Hall–Kier alpha value is -3.84. The van der Waals surface area contributed by atoms with Crippen LogP contribution in [0.25, 0.3) is 22.5 Å². The van der Waals surface area contributed by atoms with E-state index in [1.165, 1.54) is 33.4 Å². The van der Waals surface area contributed by atoms with Crippen LogP contribution in [-0.4, -0.2) is 0 Å². The number of rotatable bonds is 3. The summed E-state index contributed by atoms with van der Waals surface area (Å²) in [5.41, 5.74) is 8.50. The third kappa shape index (κ3) is 2.29. The smallest absolute Gasteiger partial charge is 0.133 e. The standard InChI is InChI=1S/C29H20O/c1-3-10-22(11-4-1)29(23-12-5-2-6-13-23)26-15-8-7-14-24(26)25-18-17-21(20-27(25)29)28-16-9-19-30-28/h1-20H. The topological polar surface area (TPSA) is 13.1 Å². The molecule has 4 aromatic carbocycles. The summed E-state index contributed by atoms with van der Waals surface area (Å²) in [6.07, 6.45) is 1.74. The Bertz CT molecular complexity index is 1280. The van der Waals surface area contributed by atoms with Gasteiger partial charge in [0, 0.05) is 5.56 Å². The van der Waals surface area contributed by atoms with Gasteiger partial charge in [0.05, 0.1) is 11.7 Å². The van der Waals surface area contributed by atoms with Crippen molar-refractivity contribution in [2.75, 3.05) is 0 Å². The Kier molecular flexibility index (Phi) is 3.75. The van der Waals surface area contributed by atoms with Gasteiger partial charge >= 0.3 is 0 Å². The number of fused-ring (bicyclic) bond motifs is 3. The van der Waals surface area contributed by atoms with Crippen LogP contribution in [0.5, 0.6) is 0 Å². The molecule has 0 amide bonds. The largest absolute Gasteiger partial charge is 0.464 e. The van der Waals surface area contributed by atoms with Crippen molar-refractivity contribution in [3.05, 3.63) is 144 Å². The maximum Gasteiger partial charge on any atom is 0.133 e. The molecule has 0 radical (unpaired) electrons. The second kappa shape index (κ2) is 6.60. The molecule has 0 fully saturated rings. The van der Waals surface area contributed by atoms with E-state index in [0.717, 1.165) is 11.3 Å². The fourth-order valence-corrected chi connectivity index (χ4v) is 5.04. The molecule has 0 spiro atoms. The van der Waals surface area contributed by atoms with Gasteiger partial charge in [-0.3, -0.25) is 0 Å². The molecule has 1 heteroatoms. The summed E-state index contributed by atoms with van der Waals surface area (Å²) in [7, 11) is 0. The third-order valence-corrected chi connectivity index (χ3v) is 6.26. The van der Waals surface area contributed by atoms with Crippen LogP contribution in [0.1, 0.15) is 22.3 Å². The highest BCUT2D eigenvalue weighted by Gasteiger charge is 2.46. The molecule has 1 heterocycles. The lowest BCUT2D eigenvalue weighted by atomic mass is 9.67. The van der Waals surface area contributed by atoms with Gasteiger partial charge in [0.15, 0.2) is 0 Å². The van der Waals surface area contributed by atoms with Crippen molar-refractivity contribution >= 4 is 0 Å². The van der Waals surface area contributed by atoms with E-state index in [1.807, 2.05) is 12.1 Å². The zero-order chi connectivity index (χ0) is 20.0. The molecule has 0 saturated heterocycles. The minimum atomic E-state index is -0.364. The van der Waals surface area contributed by atoms with Gasteiger partial charge in [-0.05, 0) is 51.6 Å². The van der Waals surface area contributed by atoms with Crippen molar-refractivity contribution in [2.24, 2.45) is 0 Å². The molecule has 0 atom stereocenters. The lowest BCUT2D eigenvalue weighted by Gasteiger charge is -2.34. The molecule has 0 aliphatic heterocycles. The van der Waals surface area contributed by atoms with Gasteiger partial charge in [-0.25, -0.2) is 0 Å². The van der Waals surface area contributed by atoms with Crippen molar-refractivity contribution in [1.82, 2.24) is 0 Å².